The van der Waals surface area contributed by atoms with Crippen LogP contribution in [0.1, 0.15) is 16.7 Å². The highest BCUT2D eigenvalue weighted by Gasteiger charge is 2.17. The van der Waals surface area contributed by atoms with Crippen LogP contribution in [0, 0.1) is 12.3 Å². The van der Waals surface area contributed by atoms with E-state index < -0.39 is 23.9 Å². The molecule has 0 saturated carbocycles. The van der Waals surface area contributed by atoms with Gasteiger partial charge in [-0.2, -0.15) is 0 Å². The topological polar surface area (TPSA) is 156 Å². The molecule has 2 aromatic carbocycles. The van der Waals surface area contributed by atoms with Crippen LogP contribution in [0.2, 0.25) is 0 Å². The molecule has 0 radical (unpaired) electrons. The van der Waals surface area contributed by atoms with Crippen molar-refractivity contribution in [3.8, 4) is 12.3 Å². The Bertz CT molecular complexity index is 1110. The minimum atomic E-state index is -1.26. The Labute approximate surface area is 227 Å². The molecular weight excluding hydrogens is 504 g/mol. The molecule has 10 nitrogen and oxygen atoms in total. The lowest BCUT2D eigenvalue weighted by Crippen LogP contribution is -2.45. The highest BCUT2D eigenvalue weighted by molar-refractivity contribution is 5.90. The van der Waals surface area contributed by atoms with Crippen LogP contribution in [-0.2, 0) is 32.1 Å². The molecule has 0 amide bonds. The molecule has 4 N–H and O–H groups in total. The lowest BCUT2D eigenvalue weighted by atomic mass is 9.99. The van der Waals surface area contributed by atoms with E-state index in [2.05, 4.69) is 70.3 Å². The molecule has 1 aliphatic heterocycles. The van der Waals surface area contributed by atoms with Gasteiger partial charge in [0.2, 0.25) is 0 Å². The number of nitrogens with zero attached hydrogens (tertiary/aromatic N) is 2. The third-order valence-corrected chi connectivity index (χ3v) is 5.27. The van der Waals surface area contributed by atoms with Crippen LogP contribution in [0.25, 0.3) is 0 Å². The highest BCUT2D eigenvalue weighted by Crippen LogP contribution is 2.17. The van der Waals surface area contributed by atoms with Crippen LogP contribution >= 0.6 is 0 Å². The SMILES string of the molecule is C#CCN1CCN(Cc2ccccc2Cc2ccccc2)CC1.O=C(O)/C=C\C(=O)O.O=C(O)/C=C\C(=O)O. The lowest BCUT2D eigenvalue weighted by molar-refractivity contribution is -0.134. The van der Waals surface area contributed by atoms with Gasteiger partial charge < -0.3 is 20.4 Å². The van der Waals surface area contributed by atoms with Crippen molar-refractivity contribution in [3.63, 3.8) is 0 Å². The van der Waals surface area contributed by atoms with Gasteiger partial charge in [0.05, 0.1) is 6.54 Å². The maximum absolute atomic E-state index is 9.55. The first-order chi connectivity index (χ1) is 18.6. The van der Waals surface area contributed by atoms with Crippen molar-refractivity contribution in [3.05, 3.63) is 95.6 Å². The number of hydrogen-bond donors (Lipinski definition) is 4. The standard InChI is InChI=1S/C21H24N2.2C4H4O4/c1-2-12-22-13-15-23(16-14-22)18-21-11-7-6-10-20(21)17-19-8-4-3-5-9-19;2*5-3(6)1-2-4(7)8/h1,3-11H,12-18H2;2*1-2H,(H,5,6)(H,7,8)/b;2*2-1-. The molecule has 39 heavy (non-hydrogen) atoms. The molecule has 0 spiro atoms. The van der Waals surface area contributed by atoms with Crippen molar-refractivity contribution >= 4 is 23.9 Å². The summed E-state index contributed by atoms with van der Waals surface area (Å²) in [4.78, 5) is 43.1. The quantitative estimate of drug-likeness (QED) is 0.277. The van der Waals surface area contributed by atoms with Crippen molar-refractivity contribution < 1.29 is 39.6 Å². The first-order valence-corrected chi connectivity index (χ1v) is 11.9. The van der Waals surface area contributed by atoms with E-state index in [1.54, 1.807) is 0 Å². The normalized spacial score (nSPS) is 13.4. The summed E-state index contributed by atoms with van der Waals surface area (Å²) in [5, 5.41) is 31.2. The van der Waals surface area contributed by atoms with Gasteiger partial charge in [0.15, 0.2) is 0 Å². The van der Waals surface area contributed by atoms with Gasteiger partial charge in [-0.25, -0.2) is 19.2 Å². The van der Waals surface area contributed by atoms with E-state index in [9.17, 15) is 19.2 Å². The number of hydrogen-bond acceptors (Lipinski definition) is 6. The molecule has 10 heteroatoms. The van der Waals surface area contributed by atoms with Gasteiger partial charge in [-0.1, -0.05) is 60.5 Å². The number of rotatable bonds is 9. The second kappa shape index (κ2) is 18.5. The van der Waals surface area contributed by atoms with E-state index >= 15 is 0 Å². The fraction of sp³-hybridized carbons (Fsp3) is 0.241. The minimum absolute atomic E-state index is 0.558. The Morgan fingerprint density at radius 3 is 1.51 bits per heavy atom. The Balaban J connectivity index is 0.000000393. The van der Waals surface area contributed by atoms with E-state index in [1.165, 1.54) is 16.7 Å². The second-order valence-electron chi connectivity index (χ2n) is 8.21. The van der Waals surface area contributed by atoms with E-state index in [0.717, 1.165) is 45.7 Å². The summed E-state index contributed by atoms with van der Waals surface area (Å²) in [6.07, 6.45) is 8.64. The summed E-state index contributed by atoms with van der Waals surface area (Å²) >= 11 is 0. The number of aliphatic carboxylic acids is 4. The van der Waals surface area contributed by atoms with Crippen molar-refractivity contribution in [2.24, 2.45) is 0 Å². The fourth-order valence-corrected chi connectivity index (χ4v) is 3.46. The Hall–Kier alpha value is -4.72. The molecule has 0 atom stereocenters. The Morgan fingerprint density at radius 1 is 0.667 bits per heavy atom. The summed E-state index contributed by atoms with van der Waals surface area (Å²) in [7, 11) is 0. The maximum atomic E-state index is 9.55. The van der Waals surface area contributed by atoms with E-state index in [0.29, 0.717) is 24.3 Å². The molecule has 2 aromatic rings. The molecule has 3 rings (SSSR count). The number of benzene rings is 2. The molecule has 206 valence electrons. The van der Waals surface area contributed by atoms with Crippen LogP contribution in [0.3, 0.4) is 0 Å². The van der Waals surface area contributed by atoms with Gasteiger partial charge in [0, 0.05) is 57.0 Å². The van der Waals surface area contributed by atoms with Gasteiger partial charge in [0.1, 0.15) is 0 Å². The molecule has 0 bridgehead atoms. The summed E-state index contributed by atoms with van der Waals surface area (Å²) in [6, 6.07) is 19.5. The molecule has 0 unspecified atom stereocenters. The minimum Gasteiger partial charge on any atom is -0.478 e. The van der Waals surface area contributed by atoms with Crippen LogP contribution < -0.4 is 0 Å². The third kappa shape index (κ3) is 15.9. The third-order valence-electron chi connectivity index (χ3n) is 5.27. The molecule has 1 aliphatic rings. The maximum Gasteiger partial charge on any atom is 0.328 e. The van der Waals surface area contributed by atoms with Gasteiger partial charge in [-0.05, 0) is 23.1 Å². The first-order valence-electron chi connectivity index (χ1n) is 11.9. The zero-order valence-electron chi connectivity index (χ0n) is 21.3. The van der Waals surface area contributed by atoms with Gasteiger partial charge >= 0.3 is 23.9 Å². The molecular formula is C29H32N2O8. The summed E-state index contributed by atoms with van der Waals surface area (Å²) in [6.45, 7) is 6.16. The molecule has 0 aromatic heterocycles. The summed E-state index contributed by atoms with van der Waals surface area (Å²) in [5.74, 6) is -2.28. The fourth-order valence-electron chi connectivity index (χ4n) is 3.46. The Kier molecular flexibility index (Phi) is 15.3. The van der Waals surface area contributed by atoms with Gasteiger partial charge in [-0.15, -0.1) is 6.42 Å². The first kappa shape index (κ1) is 32.3. The Morgan fingerprint density at radius 2 is 1.08 bits per heavy atom. The van der Waals surface area contributed by atoms with Crippen molar-refractivity contribution in [1.29, 1.82) is 0 Å². The average molecular weight is 537 g/mol. The van der Waals surface area contributed by atoms with Crippen molar-refractivity contribution in [2.45, 2.75) is 13.0 Å². The monoisotopic (exact) mass is 536 g/mol. The predicted molar refractivity (Wildman–Crippen MR) is 145 cm³/mol. The van der Waals surface area contributed by atoms with Crippen molar-refractivity contribution in [1.82, 2.24) is 9.80 Å². The van der Waals surface area contributed by atoms with Gasteiger partial charge in [0.25, 0.3) is 0 Å². The van der Waals surface area contributed by atoms with E-state index in [1.807, 2.05) is 0 Å². The van der Waals surface area contributed by atoms with E-state index in [4.69, 9.17) is 26.8 Å². The van der Waals surface area contributed by atoms with Crippen LogP contribution in [0.4, 0.5) is 0 Å². The summed E-state index contributed by atoms with van der Waals surface area (Å²) < 4.78 is 0. The van der Waals surface area contributed by atoms with Crippen molar-refractivity contribution in [2.75, 3.05) is 32.7 Å². The number of carboxylic acid groups (broad SMARTS) is 4. The van der Waals surface area contributed by atoms with Crippen LogP contribution in [0.15, 0.2) is 78.9 Å². The van der Waals surface area contributed by atoms with E-state index in [-0.39, 0.29) is 0 Å². The highest BCUT2D eigenvalue weighted by atomic mass is 16.4. The number of carboxylic acids is 4. The molecule has 1 fully saturated rings. The second-order valence-corrected chi connectivity index (χ2v) is 8.21. The smallest absolute Gasteiger partial charge is 0.328 e. The summed E-state index contributed by atoms with van der Waals surface area (Å²) in [5.41, 5.74) is 4.25. The number of terminal acetylenes is 1. The zero-order chi connectivity index (χ0) is 29.0. The molecule has 1 saturated heterocycles. The molecule has 0 aliphatic carbocycles. The number of carbonyl (C=O) groups is 4. The average Bonchev–Trinajstić information content (AvgIpc) is 2.90. The predicted octanol–water partition coefficient (Wildman–Crippen LogP) is 2.45. The lowest BCUT2D eigenvalue weighted by Gasteiger charge is -2.34. The zero-order valence-corrected chi connectivity index (χ0v) is 21.3. The largest absolute Gasteiger partial charge is 0.478 e. The van der Waals surface area contributed by atoms with Gasteiger partial charge in [-0.3, -0.25) is 9.80 Å². The van der Waals surface area contributed by atoms with Crippen LogP contribution in [0.5, 0.6) is 0 Å². The van der Waals surface area contributed by atoms with Crippen LogP contribution in [-0.4, -0.2) is 86.8 Å². The molecule has 1 heterocycles. The number of piperazine rings is 1.